The molecule has 0 radical (unpaired) electrons. The molecule has 2 saturated heterocycles. The predicted octanol–water partition coefficient (Wildman–Crippen LogP) is 4.66. The van der Waals surface area contributed by atoms with Crippen LogP contribution in [0.5, 0.6) is 5.75 Å². The van der Waals surface area contributed by atoms with Gasteiger partial charge in [-0.15, -0.1) is 0 Å². The van der Waals surface area contributed by atoms with Crippen molar-refractivity contribution in [3.8, 4) is 17.6 Å². The molecule has 0 bridgehead atoms. The number of aliphatic hydroxyl groups excluding tert-OH is 1. The molecule has 2 heterocycles. The van der Waals surface area contributed by atoms with Crippen molar-refractivity contribution in [1.29, 1.82) is 0 Å². The highest BCUT2D eigenvalue weighted by atomic mass is 19.1. The van der Waals surface area contributed by atoms with Gasteiger partial charge in [0, 0.05) is 47.8 Å². The van der Waals surface area contributed by atoms with Crippen molar-refractivity contribution < 1.29 is 14.2 Å². The molecule has 1 N–H and O–H groups in total. The summed E-state index contributed by atoms with van der Waals surface area (Å²) in [6.07, 6.45) is 2.18. The zero-order valence-electron chi connectivity index (χ0n) is 20.7. The molecule has 3 aromatic rings. The summed E-state index contributed by atoms with van der Waals surface area (Å²) in [6.45, 7) is 3.61. The van der Waals surface area contributed by atoms with Crippen molar-refractivity contribution >= 4 is 0 Å². The number of nitrogens with zero attached hydrogens (tertiary/aromatic N) is 2. The number of rotatable bonds is 5. The van der Waals surface area contributed by atoms with Gasteiger partial charge in [0.2, 0.25) is 0 Å². The molecule has 3 atom stereocenters. The third-order valence-electron chi connectivity index (χ3n) is 7.54. The molecule has 0 amide bonds. The molecular weight excluding hydrogens is 451 g/mol. The van der Waals surface area contributed by atoms with Crippen LogP contribution < -0.4 is 4.74 Å². The van der Waals surface area contributed by atoms with Crippen molar-refractivity contribution in [3.05, 3.63) is 101 Å². The van der Waals surface area contributed by atoms with Crippen molar-refractivity contribution in [2.45, 2.75) is 37.4 Å². The molecular formula is C31H33FN2O2. The fourth-order valence-corrected chi connectivity index (χ4v) is 5.63. The van der Waals surface area contributed by atoms with Gasteiger partial charge in [-0.05, 0) is 74.0 Å². The molecule has 0 aromatic heterocycles. The zero-order valence-corrected chi connectivity index (χ0v) is 20.7. The topological polar surface area (TPSA) is 35.9 Å². The fraction of sp³-hybridized carbons (Fsp3) is 0.355. The Morgan fingerprint density at radius 3 is 2.25 bits per heavy atom. The number of hydrogen-bond donors (Lipinski definition) is 1. The summed E-state index contributed by atoms with van der Waals surface area (Å²) in [7, 11) is 1.65. The highest BCUT2D eigenvalue weighted by Gasteiger charge is 2.49. The lowest BCUT2D eigenvalue weighted by molar-refractivity contribution is -0.0656. The minimum absolute atomic E-state index is 0.125. The smallest absolute Gasteiger partial charge is 0.127 e. The second-order valence-electron chi connectivity index (χ2n) is 9.72. The van der Waals surface area contributed by atoms with E-state index in [-0.39, 0.29) is 24.4 Å². The Bertz CT molecular complexity index is 1220. The molecule has 2 fully saturated rings. The second-order valence-corrected chi connectivity index (χ2v) is 9.72. The van der Waals surface area contributed by atoms with E-state index in [2.05, 4.69) is 45.9 Å². The Hall–Kier alpha value is -3.17. The Kier molecular flexibility index (Phi) is 7.67. The Morgan fingerprint density at radius 2 is 1.58 bits per heavy atom. The molecule has 0 unspecified atom stereocenters. The zero-order chi connectivity index (χ0) is 24.9. The van der Waals surface area contributed by atoms with E-state index in [1.807, 2.05) is 36.4 Å². The highest BCUT2D eigenvalue weighted by Crippen LogP contribution is 2.42. The molecule has 0 aliphatic carbocycles. The summed E-state index contributed by atoms with van der Waals surface area (Å²) >= 11 is 0. The van der Waals surface area contributed by atoms with E-state index in [9.17, 15) is 9.50 Å². The molecule has 36 heavy (non-hydrogen) atoms. The maximum absolute atomic E-state index is 14.3. The van der Waals surface area contributed by atoms with Gasteiger partial charge in [0.05, 0.1) is 13.7 Å². The second kappa shape index (κ2) is 11.3. The number of fused-ring (bicyclic) bond motifs is 1. The molecule has 5 heteroatoms. The normalized spacial score (nSPS) is 22.4. The molecule has 5 rings (SSSR count). The minimum Gasteiger partial charge on any atom is -0.497 e. The molecule has 3 aromatic carbocycles. The number of methoxy groups -OCH3 is 1. The van der Waals surface area contributed by atoms with Crippen molar-refractivity contribution in [2.24, 2.45) is 0 Å². The first-order valence-electron chi connectivity index (χ1n) is 12.7. The first-order valence-corrected chi connectivity index (χ1v) is 12.7. The fourth-order valence-electron chi connectivity index (χ4n) is 5.63. The Labute approximate surface area is 213 Å². The van der Waals surface area contributed by atoms with Gasteiger partial charge in [0.25, 0.3) is 0 Å². The van der Waals surface area contributed by atoms with Crippen LogP contribution in [0.1, 0.15) is 41.0 Å². The lowest BCUT2D eigenvalue weighted by Crippen LogP contribution is -2.67. The average molecular weight is 485 g/mol. The summed E-state index contributed by atoms with van der Waals surface area (Å²) in [5, 5.41) is 10.2. The van der Waals surface area contributed by atoms with Gasteiger partial charge in [-0.25, -0.2) is 4.39 Å². The van der Waals surface area contributed by atoms with Crippen molar-refractivity contribution in [2.75, 3.05) is 33.4 Å². The summed E-state index contributed by atoms with van der Waals surface area (Å²) in [5.41, 5.74) is 3.89. The molecule has 0 spiro atoms. The first kappa shape index (κ1) is 24.5. The van der Waals surface area contributed by atoms with Gasteiger partial charge >= 0.3 is 0 Å². The number of hydrogen-bond acceptors (Lipinski definition) is 4. The van der Waals surface area contributed by atoms with Gasteiger partial charge in [0.1, 0.15) is 11.6 Å². The van der Waals surface area contributed by atoms with E-state index in [1.165, 1.54) is 5.56 Å². The molecule has 4 nitrogen and oxygen atoms in total. The van der Waals surface area contributed by atoms with Gasteiger partial charge in [-0.2, -0.15) is 0 Å². The van der Waals surface area contributed by atoms with Gasteiger partial charge in [0.15, 0.2) is 0 Å². The predicted molar refractivity (Wildman–Crippen MR) is 140 cm³/mol. The van der Waals surface area contributed by atoms with Crippen LogP contribution in [0.15, 0.2) is 72.8 Å². The summed E-state index contributed by atoms with van der Waals surface area (Å²) in [4.78, 5) is 4.83. The van der Waals surface area contributed by atoms with Crippen LogP contribution in [0, 0.1) is 17.7 Å². The standard InChI is InChI=1S/C31H33FN2O2/c1-36-27-16-12-24(13-17-27)9-8-23-10-14-25(15-11-23)31-29-21-33(20-26-6-2-3-7-28(26)32)18-4-5-19-34(29)30(31)22-35/h2-3,6-7,10-17,29-31,35H,4-5,18-22H2,1H3/t29-,30-,31-/m0/s1. The summed E-state index contributed by atoms with van der Waals surface area (Å²) in [6, 6.07) is 23.7. The number of ether oxygens (including phenoxy) is 1. The van der Waals surface area contributed by atoms with Crippen LogP contribution in [-0.2, 0) is 6.54 Å². The quantitative estimate of drug-likeness (QED) is 0.535. The van der Waals surface area contributed by atoms with E-state index >= 15 is 0 Å². The SMILES string of the molecule is COc1ccc(C#Cc2ccc([C@@H]3[C@H](CO)N4CCCCN(Cc5ccccc5F)C[C@@H]34)cc2)cc1. The number of benzene rings is 3. The highest BCUT2D eigenvalue weighted by molar-refractivity contribution is 5.45. The van der Waals surface area contributed by atoms with Crippen molar-refractivity contribution in [3.63, 3.8) is 0 Å². The third kappa shape index (κ3) is 5.32. The van der Waals surface area contributed by atoms with Crippen LogP contribution >= 0.6 is 0 Å². The van der Waals surface area contributed by atoms with E-state index in [0.717, 1.165) is 54.9 Å². The van der Waals surface area contributed by atoms with Gasteiger partial charge in [-0.3, -0.25) is 9.80 Å². The molecule has 2 aliphatic rings. The maximum Gasteiger partial charge on any atom is 0.127 e. The molecule has 186 valence electrons. The van der Waals surface area contributed by atoms with E-state index in [4.69, 9.17) is 4.74 Å². The van der Waals surface area contributed by atoms with E-state index < -0.39 is 0 Å². The monoisotopic (exact) mass is 484 g/mol. The maximum atomic E-state index is 14.3. The lowest BCUT2D eigenvalue weighted by atomic mass is 9.74. The average Bonchev–Trinajstić information content (AvgIpc) is 2.90. The van der Waals surface area contributed by atoms with E-state index in [0.29, 0.717) is 12.6 Å². The van der Waals surface area contributed by atoms with E-state index in [1.54, 1.807) is 19.2 Å². The number of halogens is 1. The van der Waals surface area contributed by atoms with Crippen LogP contribution in [-0.4, -0.2) is 60.3 Å². The molecule has 0 saturated carbocycles. The van der Waals surface area contributed by atoms with Crippen molar-refractivity contribution in [1.82, 2.24) is 9.80 Å². The summed E-state index contributed by atoms with van der Waals surface area (Å²) in [5.74, 6) is 7.39. The van der Waals surface area contributed by atoms with Crippen LogP contribution in [0.3, 0.4) is 0 Å². The van der Waals surface area contributed by atoms with Gasteiger partial charge in [-0.1, -0.05) is 42.2 Å². The largest absolute Gasteiger partial charge is 0.497 e. The van der Waals surface area contributed by atoms with Gasteiger partial charge < -0.3 is 9.84 Å². The molecule has 2 aliphatic heterocycles. The Balaban J connectivity index is 1.31. The van der Waals surface area contributed by atoms with Crippen LogP contribution in [0.2, 0.25) is 0 Å². The van der Waals surface area contributed by atoms with Crippen LogP contribution in [0.4, 0.5) is 4.39 Å². The van der Waals surface area contributed by atoms with Crippen LogP contribution in [0.25, 0.3) is 0 Å². The Morgan fingerprint density at radius 1 is 0.917 bits per heavy atom. The lowest BCUT2D eigenvalue weighted by Gasteiger charge is -2.57. The third-order valence-corrected chi connectivity index (χ3v) is 7.54. The summed E-state index contributed by atoms with van der Waals surface area (Å²) < 4.78 is 19.5. The minimum atomic E-state index is -0.138. The first-order chi connectivity index (χ1) is 17.7. The number of aliphatic hydroxyl groups is 1.